The van der Waals surface area contributed by atoms with Crippen LogP contribution < -0.4 is 9.47 Å². The van der Waals surface area contributed by atoms with E-state index >= 15 is 0 Å². The van der Waals surface area contributed by atoms with E-state index in [0.717, 1.165) is 25.8 Å². The first-order chi connectivity index (χ1) is 15.7. The van der Waals surface area contributed by atoms with E-state index < -0.39 is 23.7 Å². The summed E-state index contributed by atoms with van der Waals surface area (Å²) in [5, 5.41) is -0.242. The number of imide groups is 1. The number of esters is 1. The molecule has 1 aliphatic rings. The van der Waals surface area contributed by atoms with Crippen molar-refractivity contribution in [3.8, 4) is 11.5 Å². The van der Waals surface area contributed by atoms with E-state index in [1.54, 1.807) is 26.0 Å². The van der Waals surface area contributed by atoms with Crippen molar-refractivity contribution in [1.82, 2.24) is 4.90 Å². The van der Waals surface area contributed by atoms with E-state index in [-0.39, 0.29) is 11.0 Å². The molecule has 7 nitrogen and oxygen atoms in total. The highest BCUT2D eigenvalue weighted by molar-refractivity contribution is 14.1. The minimum absolute atomic E-state index is 0.169. The summed E-state index contributed by atoms with van der Waals surface area (Å²) in [7, 11) is 1.49. The molecule has 0 aromatic heterocycles. The second-order valence-corrected chi connectivity index (χ2v) is 9.90. The summed E-state index contributed by atoms with van der Waals surface area (Å²) >= 11 is 9.41. The monoisotopic (exact) mass is 601 g/mol. The van der Waals surface area contributed by atoms with Crippen molar-refractivity contribution in [2.24, 2.45) is 0 Å². The van der Waals surface area contributed by atoms with Crippen LogP contribution in [0.4, 0.5) is 4.79 Å². The maximum absolute atomic E-state index is 12.6. The van der Waals surface area contributed by atoms with Gasteiger partial charge in [-0.3, -0.25) is 19.3 Å². The van der Waals surface area contributed by atoms with Crippen LogP contribution >= 0.6 is 46.0 Å². The molecule has 0 saturated carbocycles. The SMILES string of the molecule is COc1cc(/C=C2/SC(=O)N(CC(=O)OC(C)C)C2=O)cc(Cl)c1OCc1ccc(I)cc1. The van der Waals surface area contributed by atoms with Gasteiger partial charge in [0.1, 0.15) is 13.2 Å². The molecular weight excluding hydrogens is 581 g/mol. The molecule has 3 rings (SSSR count). The highest BCUT2D eigenvalue weighted by Crippen LogP contribution is 2.39. The van der Waals surface area contributed by atoms with Gasteiger partial charge in [-0.05, 0) is 89.7 Å². The van der Waals surface area contributed by atoms with Crippen molar-refractivity contribution in [2.45, 2.75) is 26.6 Å². The highest BCUT2D eigenvalue weighted by atomic mass is 127. The second-order valence-electron chi connectivity index (χ2n) is 7.26. The smallest absolute Gasteiger partial charge is 0.326 e. The Morgan fingerprint density at radius 1 is 1.21 bits per heavy atom. The highest BCUT2D eigenvalue weighted by Gasteiger charge is 2.36. The molecule has 1 fully saturated rings. The maximum Gasteiger partial charge on any atom is 0.326 e. The normalized spacial score (nSPS) is 14.8. The molecule has 174 valence electrons. The predicted molar refractivity (Wildman–Crippen MR) is 135 cm³/mol. The Morgan fingerprint density at radius 2 is 1.91 bits per heavy atom. The summed E-state index contributed by atoms with van der Waals surface area (Å²) in [5.74, 6) is -0.453. The Kier molecular flexibility index (Phi) is 8.66. The van der Waals surface area contributed by atoms with Gasteiger partial charge in [-0.15, -0.1) is 0 Å². The lowest BCUT2D eigenvalue weighted by molar-refractivity contribution is -0.149. The first-order valence-corrected chi connectivity index (χ1v) is 12.1. The second kappa shape index (κ2) is 11.3. The van der Waals surface area contributed by atoms with Crippen molar-refractivity contribution < 1.29 is 28.6 Å². The third kappa shape index (κ3) is 6.64. The third-order valence-electron chi connectivity index (χ3n) is 4.37. The fourth-order valence-electron chi connectivity index (χ4n) is 2.92. The fourth-order valence-corrected chi connectivity index (χ4v) is 4.39. The van der Waals surface area contributed by atoms with Gasteiger partial charge in [-0.1, -0.05) is 23.7 Å². The molecule has 2 amide bonds. The summed E-state index contributed by atoms with van der Waals surface area (Å²) in [5.41, 5.74) is 1.52. The number of thioether (sulfide) groups is 1. The van der Waals surface area contributed by atoms with Crippen LogP contribution in [-0.4, -0.2) is 41.8 Å². The molecule has 0 unspecified atom stereocenters. The average molecular weight is 602 g/mol. The fraction of sp³-hybridized carbons (Fsp3) is 0.261. The number of hydrogen-bond acceptors (Lipinski definition) is 7. The number of methoxy groups -OCH3 is 1. The van der Waals surface area contributed by atoms with E-state index in [1.807, 2.05) is 24.3 Å². The summed E-state index contributed by atoms with van der Waals surface area (Å²) in [6, 6.07) is 11.2. The van der Waals surface area contributed by atoms with Gasteiger partial charge in [0.05, 0.1) is 23.1 Å². The molecule has 0 radical (unpaired) electrons. The zero-order valence-electron chi connectivity index (χ0n) is 18.1. The van der Waals surface area contributed by atoms with Crippen LogP contribution in [0.2, 0.25) is 5.02 Å². The molecule has 0 N–H and O–H groups in total. The van der Waals surface area contributed by atoms with Gasteiger partial charge < -0.3 is 14.2 Å². The molecule has 0 atom stereocenters. The number of halogens is 2. The van der Waals surface area contributed by atoms with Crippen LogP contribution in [0, 0.1) is 3.57 Å². The van der Waals surface area contributed by atoms with Crippen molar-refractivity contribution in [1.29, 1.82) is 0 Å². The Morgan fingerprint density at radius 3 is 2.55 bits per heavy atom. The standard InChI is InChI=1S/C23H21ClINO6S/c1-13(2)32-20(27)11-26-22(28)19(33-23(26)29)10-15-8-17(24)21(18(9-15)30-3)31-12-14-4-6-16(25)7-5-14/h4-10,13H,11-12H2,1-3H3/b19-10+. The lowest BCUT2D eigenvalue weighted by atomic mass is 10.1. The van der Waals surface area contributed by atoms with Gasteiger partial charge in [-0.25, -0.2) is 0 Å². The van der Waals surface area contributed by atoms with Gasteiger partial charge in [-0.2, -0.15) is 0 Å². The zero-order chi connectivity index (χ0) is 24.1. The molecule has 1 aliphatic heterocycles. The quantitative estimate of drug-likeness (QED) is 0.224. The molecule has 2 aromatic rings. The van der Waals surface area contributed by atoms with Crippen LogP contribution in [0.5, 0.6) is 11.5 Å². The van der Waals surface area contributed by atoms with Crippen molar-refractivity contribution in [2.75, 3.05) is 13.7 Å². The minimum atomic E-state index is -0.645. The van der Waals surface area contributed by atoms with Gasteiger partial charge in [0, 0.05) is 3.57 Å². The number of amides is 2. The number of carbonyl (C=O) groups is 3. The van der Waals surface area contributed by atoms with E-state index in [0.29, 0.717) is 28.7 Å². The largest absolute Gasteiger partial charge is 0.493 e. The summed E-state index contributed by atoms with van der Waals surface area (Å²) in [6.45, 7) is 3.25. The average Bonchev–Trinajstić information content (AvgIpc) is 3.00. The Labute approximate surface area is 214 Å². The number of hydrogen-bond donors (Lipinski definition) is 0. The van der Waals surface area contributed by atoms with Gasteiger partial charge in [0.2, 0.25) is 0 Å². The van der Waals surface area contributed by atoms with E-state index in [4.69, 9.17) is 25.8 Å². The van der Waals surface area contributed by atoms with Crippen LogP contribution in [0.15, 0.2) is 41.3 Å². The molecule has 33 heavy (non-hydrogen) atoms. The minimum Gasteiger partial charge on any atom is -0.493 e. The first-order valence-electron chi connectivity index (χ1n) is 9.87. The van der Waals surface area contributed by atoms with Crippen molar-refractivity contribution in [3.05, 3.63) is 61.0 Å². The lowest BCUT2D eigenvalue weighted by Crippen LogP contribution is -2.35. The molecule has 0 spiro atoms. The molecular formula is C23H21ClINO6S. The zero-order valence-corrected chi connectivity index (χ0v) is 21.8. The van der Waals surface area contributed by atoms with Crippen LogP contribution in [-0.2, 0) is 20.9 Å². The molecule has 1 heterocycles. The van der Waals surface area contributed by atoms with Crippen LogP contribution in [0.1, 0.15) is 25.0 Å². The molecule has 10 heteroatoms. The molecule has 0 bridgehead atoms. The van der Waals surface area contributed by atoms with E-state index in [9.17, 15) is 14.4 Å². The van der Waals surface area contributed by atoms with E-state index in [1.165, 1.54) is 13.2 Å². The van der Waals surface area contributed by atoms with E-state index in [2.05, 4.69) is 22.6 Å². The number of nitrogens with zero attached hydrogens (tertiary/aromatic N) is 1. The molecule has 2 aromatic carbocycles. The Hall–Kier alpha value is -2.24. The predicted octanol–water partition coefficient (Wildman–Crippen LogP) is 5.52. The lowest BCUT2D eigenvalue weighted by Gasteiger charge is -2.14. The summed E-state index contributed by atoms with van der Waals surface area (Å²) in [6.07, 6.45) is 1.18. The Bertz CT molecular complexity index is 1100. The summed E-state index contributed by atoms with van der Waals surface area (Å²) < 4.78 is 17.4. The maximum atomic E-state index is 12.6. The molecule has 1 saturated heterocycles. The third-order valence-corrected chi connectivity index (χ3v) is 6.28. The van der Waals surface area contributed by atoms with Gasteiger partial charge in [0.15, 0.2) is 11.5 Å². The van der Waals surface area contributed by atoms with Gasteiger partial charge >= 0.3 is 5.97 Å². The van der Waals surface area contributed by atoms with Crippen LogP contribution in [0.25, 0.3) is 6.08 Å². The summed E-state index contributed by atoms with van der Waals surface area (Å²) in [4.78, 5) is 37.8. The number of benzene rings is 2. The topological polar surface area (TPSA) is 82.1 Å². The first kappa shape index (κ1) is 25.4. The number of rotatable bonds is 8. The van der Waals surface area contributed by atoms with Crippen molar-refractivity contribution in [3.63, 3.8) is 0 Å². The van der Waals surface area contributed by atoms with Gasteiger partial charge in [0.25, 0.3) is 11.1 Å². The molecule has 0 aliphatic carbocycles. The van der Waals surface area contributed by atoms with Crippen LogP contribution in [0.3, 0.4) is 0 Å². The number of carbonyl (C=O) groups excluding carboxylic acids is 3. The number of ether oxygens (including phenoxy) is 3. The van der Waals surface area contributed by atoms with Crippen molar-refractivity contribution >= 4 is 69.1 Å². The Balaban J connectivity index is 1.77.